The van der Waals surface area contributed by atoms with Crippen LogP contribution in [-0.4, -0.2) is 30.6 Å². The summed E-state index contributed by atoms with van der Waals surface area (Å²) in [4.78, 5) is 16.8. The van der Waals surface area contributed by atoms with Gasteiger partial charge in [-0.25, -0.2) is 5.06 Å². The molecule has 0 unspecified atom stereocenters. The number of hydrogen-bond donors (Lipinski definition) is 1. The summed E-state index contributed by atoms with van der Waals surface area (Å²) in [6, 6.07) is 9.83. The van der Waals surface area contributed by atoms with Crippen molar-refractivity contribution in [1.29, 1.82) is 0 Å². The van der Waals surface area contributed by atoms with Crippen LogP contribution in [0.1, 0.15) is 5.56 Å². The molecule has 1 heterocycles. The Morgan fingerprint density at radius 1 is 1.33 bits per heavy atom. The molecule has 0 saturated carbocycles. The Kier molecular flexibility index (Phi) is 3.32. The van der Waals surface area contributed by atoms with Crippen LogP contribution in [0.2, 0.25) is 0 Å². The Labute approximate surface area is 88.8 Å². The third kappa shape index (κ3) is 2.78. The Balaban J connectivity index is 1.85. The van der Waals surface area contributed by atoms with Gasteiger partial charge in [-0.05, 0) is 5.56 Å². The molecule has 2 rings (SSSR count). The average molecular weight is 206 g/mol. The van der Waals surface area contributed by atoms with Gasteiger partial charge in [-0.3, -0.25) is 9.63 Å². The second kappa shape index (κ2) is 4.91. The standard InChI is InChI=1S/C11H14N2O2/c14-11-8-12-6-7-13(11)15-9-10-4-2-1-3-5-10/h1-5,12H,6-9H2. The first-order valence-corrected chi connectivity index (χ1v) is 5.04. The van der Waals surface area contributed by atoms with E-state index in [4.69, 9.17) is 4.84 Å². The van der Waals surface area contributed by atoms with Crippen molar-refractivity contribution in [3.05, 3.63) is 35.9 Å². The smallest absolute Gasteiger partial charge is 0.260 e. The van der Waals surface area contributed by atoms with Crippen molar-refractivity contribution in [2.24, 2.45) is 0 Å². The fourth-order valence-corrected chi connectivity index (χ4v) is 1.45. The first kappa shape index (κ1) is 10.1. The van der Waals surface area contributed by atoms with Gasteiger partial charge in [-0.1, -0.05) is 30.3 Å². The molecule has 1 aliphatic heterocycles. The lowest BCUT2D eigenvalue weighted by molar-refractivity contribution is -0.194. The van der Waals surface area contributed by atoms with Gasteiger partial charge in [-0.15, -0.1) is 0 Å². The first-order chi connectivity index (χ1) is 7.36. The lowest BCUT2D eigenvalue weighted by Crippen LogP contribution is -2.47. The molecule has 4 heteroatoms. The van der Waals surface area contributed by atoms with Crippen LogP contribution in [-0.2, 0) is 16.2 Å². The first-order valence-electron chi connectivity index (χ1n) is 5.04. The summed E-state index contributed by atoms with van der Waals surface area (Å²) in [6.07, 6.45) is 0. The predicted octanol–water partition coefficient (Wildman–Crippen LogP) is 0.550. The van der Waals surface area contributed by atoms with E-state index >= 15 is 0 Å². The molecule has 0 atom stereocenters. The normalized spacial score (nSPS) is 16.8. The van der Waals surface area contributed by atoms with Crippen molar-refractivity contribution >= 4 is 5.91 Å². The maximum absolute atomic E-state index is 11.4. The van der Waals surface area contributed by atoms with E-state index in [-0.39, 0.29) is 5.91 Å². The van der Waals surface area contributed by atoms with Crippen LogP contribution in [0, 0.1) is 0 Å². The number of hydrogen-bond acceptors (Lipinski definition) is 3. The maximum atomic E-state index is 11.4. The van der Waals surface area contributed by atoms with E-state index in [1.54, 1.807) is 0 Å². The van der Waals surface area contributed by atoms with Crippen LogP contribution in [0.5, 0.6) is 0 Å². The predicted molar refractivity (Wildman–Crippen MR) is 55.8 cm³/mol. The molecule has 1 amide bonds. The SMILES string of the molecule is O=C1CNCCN1OCc1ccccc1. The van der Waals surface area contributed by atoms with Gasteiger partial charge >= 0.3 is 0 Å². The zero-order chi connectivity index (χ0) is 10.5. The Hall–Kier alpha value is -1.39. The van der Waals surface area contributed by atoms with Gasteiger partial charge in [0.25, 0.3) is 5.91 Å². The molecule has 15 heavy (non-hydrogen) atoms. The van der Waals surface area contributed by atoms with Crippen LogP contribution in [0.4, 0.5) is 0 Å². The topological polar surface area (TPSA) is 41.6 Å². The number of rotatable bonds is 3. The molecule has 0 aromatic heterocycles. The Bertz CT molecular complexity index is 327. The van der Waals surface area contributed by atoms with Gasteiger partial charge in [0.1, 0.15) is 6.61 Å². The van der Waals surface area contributed by atoms with Crippen LogP contribution >= 0.6 is 0 Å². The van der Waals surface area contributed by atoms with Gasteiger partial charge in [-0.2, -0.15) is 0 Å². The van der Waals surface area contributed by atoms with Crippen LogP contribution in [0.15, 0.2) is 30.3 Å². The quantitative estimate of drug-likeness (QED) is 0.785. The highest BCUT2D eigenvalue weighted by Crippen LogP contribution is 2.04. The number of nitrogens with one attached hydrogen (secondary N) is 1. The van der Waals surface area contributed by atoms with Crippen molar-refractivity contribution in [1.82, 2.24) is 10.4 Å². The molecular formula is C11H14N2O2. The lowest BCUT2D eigenvalue weighted by atomic mass is 10.2. The summed E-state index contributed by atoms with van der Waals surface area (Å²) in [5.74, 6) is -0.00261. The van der Waals surface area contributed by atoms with Crippen molar-refractivity contribution in [2.75, 3.05) is 19.6 Å². The molecule has 80 valence electrons. The second-order valence-electron chi connectivity index (χ2n) is 3.43. The monoisotopic (exact) mass is 206 g/mol. The molecule has 1 saturated heterocycles. The van der Waals surface area contributed by atoms with E-state index in [0.29, 0.717) is 19.7 Å². The second-order valence-corrected chi connectivity index (χ2v) is 3.43. The van der Waals surface area contributed by atoms with E-state index in [1.807, 2.05) is 30.3 Å². The molecular weight excluding hydrogens is 192 g/mol. The number of carbonyl (C=O) groups is 1. The van der Waals surface area contributed by atoms with Gasteiger partial charge in [0.15, 0.2) is 0 Å². The van der Waals surface area contributed by atoms with Crippen molar-refractivity contribution in [3.8, 4) is 0 Å². The molecule has 1 aromatic carbocycles. The maximum Gasteiger partial charge on any atom is 0.260 e. The highest BCUT2D eigenvalue weighted by Gasteiger charge is 2.17. The third-order valence-electron chi connectivity index (χ3n) is 2.28. The van der Waals surface area contributed by atoms with E-state index in [1.165, 1.54) is 5.06 Å². The summed E-state index contributed by atoms with van der Waals surface area (Å²) in [5.41, 5.74) is 1.07. The van der Waals surface area contributed by atoms with Gasteiger partial charge in [0, 0.05) is 6.54 Å². The van der Waals surface area contributed by atoms with Crippen LogP contribution < -0.4 is 5.32 Å². The molecule has 4 nitrogen and oxygen atoms in total. The van der Waals surface area contributed by atoms with Crippen molar-refractivity contribution in [2.45, 2.75) is 6.61 Å². The number of amides is 1. The molecule has 0 aliphatic carbocycles. The van der Waals surface area contributed by atoms with E-state index < -0.39 is 0 Å². The number of carbonyl (C=O) groups excluding carboxylic acids is 1. The minimum Gasteiger partial charge on any atom is -0.306 e. The summed E-state index contributed by atoms with van der Waals surface area (Å²) in [7, 11) is 0. The fraction of sp³-hybridized carbons (Fsp3) is 0.364. The van der Waals surface area contributed by atoms with E-state index in [2.05, 4.69) is 5.32 Å². The minimum atomic E-state index is -0.00261. The summed E-state index contributed by atoms with van der Waals surface area (Å²) in [6.45, 7) is 2.23. The Morgan fingerprint density at radius 3 is 2.87 bits per heavy atom. The zero-order valence-corrected chi connectivity index (χ0v) is 8.48. The minimum absolute atomic E-state index is 0.00261. The third-order valence-corrected chi connectivity index (χ3v) is 2.28. The molecule has 0 bridgehead atoms. The van der Waals surface area contributed by atoms with Gasteiger partial charge in [0.2, 0.25) is 0 Å². The highest BCUT2D eigenvalue weighted by molar-refractivity contribution is 5.77. The summed E-state index contributed by atoms with van der Waals surface area (Å²) >= 11 is 0. The fourth-order valence-electron chi connectivity index (χ4n) is 1.45. The Morgan fingerprint density at radius 2 is 2.13 bits per heavy atom. The summed E-state index contributed by atoms with van der Waals surface area (Å²) < 4.78 is 0. The summed E-state index contributed by atoms with van der Waals surface area (Å²) in [5, 5.41) is 4.43. The van der Waals surface area contributed by atoms with E-state index in [0.717, 1.165) is 12.1 Å². The zero-order valence-electron chi connectivity index (χ0n) is 8.48. The lowest BCUT2D eigenvalue weighted by Gasteiger charge is -2.26. The molecule has 0 spiro atoms. The molecule has 1 N–H and O–H groups in total. The van der Waals surface area contributed by atoms with Gasteiger partial charge in [0.05, 0.1) is 13.1 Å². The van der Waals surface area contributed by atoms with Crippen LogP contribution in [0.3, 0.4) is 0 Å². The molecule has 1 aromatic rings. The number of nitrogens with zero attached hydrogens (tertiary/aromatic N) is 1. The average Bonchev–Trinajstić information content (AvgIpc) is 2.29. The molecule has 0 radical (unpaired) electrons. The highest BCUT2D eigenvalue weighted by atomic mass is 16.7. The number of piperazine rings is 1. The van der Waals surface area contributed by atoms with Crippen molar-refractivity contribution in [3.63, 3.8) is 0 Å². The molecule has 1 fully saturated rings. The largest absolute Gasteiger partial charge is 0.306 e. The number of hydroxylamine groups is 2. The van der Waals surface area contributed by atoms with Crippen LogP contribution in [0.25, 0.3) is 0 Å². The van der Waals surface area contributed by atoms with Gasteiger partial charge < -0.3 is 5.32 Å². The molecule has 1 aliphatic rings. The number of benzene rings is 1. The van der Waals surface area contributed by atoms with Crippen molar-refractivity contribution < 1.29 is 9.63 Å². The van der Waals surface area contributed by atoms with E-state index in [9.17, 15) is 4.79 Å².